The topological polar surface area (TPSA) is 74.9 Å². The Morgan fingerprint density at radius 2 is 1.89 bits per heavy atom. The number of fused-ring (bicyclic) bond motifs is 1. The van der Waals surface area contributed by atoms with Crippen LogP contribution in [-0.4, -0.2) is 58.6 Å². The normalized spacial score (nSPS) is 23.1. The Morgan fingerprint density at radius 3 is 2.66 bits per heavy atom. The van der Waals surface area contributed by atoms with Crippen molar-refractivity contribution in [2.24, 2.45) is 17.7 Å². The summed E-state index contributed by atoms with van der Waals surface area (Å²) in [6.07, 6.45) is 13.8. The van der Waals surface area contributed by atoms with E-state index in [1.165, 1.54) is 18.0 Å². The zero-order chi connectivity index (χ0) is 24.2. The molecule has 2 atom stereocenters. The van der Waals surface area contributed by atoms with E-state index in [1.807, 2.05) is 47.4 Å². The second kappa shape index (κ2) is 10.6. The largest absolute Gasteiger partial charge is 0.362 e. The lowest BCUT2D eigenvalue weighted by atomic mass is 9.84. The number of para-hydroxylation sites is 1. The van der Waals surface area contributed by atoms with Crippen LogP contribution in [0.1, 0.15) is 32.6 Å². The first kappa shape index (κ1) is 23.6. The van der Waals surface area contributed by atoms with Gasteiger partial charge in [0.2, 0.25) is 5.91 Å². The summed E-state index contributed by atoms with van der Waals surface area (Å²) in [5.74, 6) is 8.45. The van der Waals surface area contributed by atoms with Gasteiger partial charge in [-0.1, -0.05) is 43.4 Å². The molecule has 2 heterocycles. The number of amides is 1. The first-order chi connectivity index (χ1) is 17.1. The minimum Gasteiger partial charge on any atom is -0.362 e. The van der Waals surface area contributed by atoms with E-state index in [4.69, 9.17) is 10.7 Å². The van der Waals surface area contributed by atoms with E-state index < -0.39 is 0 Å². The molecule has 0 saturated carbocycles. The van der Waals surface area contributed by atoms with Gasteiger partial charge in [-0.2, -0.15) is 0 Å². The molecular weight excluding hydrogens is 438 g/mol. The van der Waals surface area contributed by atoms with Crippen LogP contribution in [0, 0.1) is 11.8 Å². The average Bonchev–Trinajstić information content (AvgIpc) is 2.90. The Morgan fingerprint density at radius 1 is 1.09 bits per heavy atom. The second-order valence-electron chi connectivity index (χ2n) is 9.87. The Kier molecular flexibility index (Phi) is 7.16. The molecule has 0 spiro atoms. The van der Waals surface area contributed by atoms with Crippen molar-refractivity contribution >= 4 is 16.8 Å². The van der Waals surface area contributed by atoms with E-state index in [2.05, 4.69) is 29.0 Å². The third-order valence-electron chi connectivity index (χ3n) is 7.55. The quantitative estimate of drug-likeness (QED) is 0.388. The summed E-state index contributed by atoms with van der Waals surface area (Å²) in [6, 6.07) is 9.66. The first-order valence-corrected chi connectivity index (χ1v) is 12.7. The average molecular weight is 474 g/mol. The van der Waals surface area contributed by atoms with Crippen molar-refractivity contribution in [3.8, 4) is 5.75 Å². The number of pyridine rings is 1. The number of rotatable bonds is 6. The van der Waals surface area contributed by atoms with Crippen LogP contribution in [-0.2, 0) is 4.79 Å². The van der Waals surface area contributed by atoms with Crippen LogP contribution in [0.3, 0.4) is 0 Å². The molecule has 1 saturated heterocycles. The van der Waals surface area contributed by atoms with Gasteiger partial charge in [-0.15, -0.1) is 5.17 Å². The molecule has 3 aliphatic rings. The molecule has 5 rings (SSSR count). The number of hydrazine groups is 1. The smallest absolute Gasteiger partial charge is 0.249 e. The Hall–Kier alpha value is -3.16. The first-order valence-electron chi connectivity index (χ1n) is 12.7. The molecule has 2 aromatic rings. The van der Waals surface area contributed by atoms with Gasteiger partial charge in [0, 0.05) is 49.9 Å². The van der Waals surface area contributed by atoms with E-state index in [0.717, 1.165) is 66.7 Å². The van der Waals surface area contributed by atoms with Crippen LogP contribution >= 0.6 is 0 Å². The number of carbonyl (C=O) groups is 1. The summed E-state index contributed by atoms with van der Waals surface area (Å²) < 4.78 is 0. The highest BCUT2D eigenvalue weighted by molar-refractivity contribution is 5.94. The predicted octanol–water partition coefficient (Wildman–Crippen LogP) is 4.05. The van der Waals surface area contributed by atoms with E-state index in [0.29, 0.717) is 18.6 Å². The van der Waals surface area contributed by atoms with Crippen molar-refractivity contribution in [3.63, 3.8) is 0 Å². The zero-order valence-corrected chi connectivity index (χ0v) is 20.5. The molecular formula is C28H35N5O2. The predicted molar refractivity (Wildman–Crippen MR) is 138 cm³/mol. The van der Waals surface area contributed by atoms with Crippen molar-refractivity contribution in [1.82, 2.24) is 20.0 Å². The van der Waals surface area contributed by atoms with E-state index >= 15 is 0 Å². The molecule has 1 aromatic heterocycles. The molecule has 1 amide bonds. The number of hydroxylamine groups is 1. The molecule has 1 fully saturated rings. The Bertz CT molecular complexity index is 1140. The van der Waals surface area contributed by atoms with Crippen molar-refractivity contribution in [1.29, 1.82) is 0 Å². The fraction of sp³-hybridized carbons (Fsp3) is 0.429. The summed E-state index contributed by atoms with van der Waals surface area (Å²) >= 11 is 0. The molecule has 184 valence electrons. The number of nitrogens with two attached hydrogens (primary N) is 1. The maximum Gasteiger partial charge on any atom is 0.249 e. The number of carbonyl (C=O) groups excluding carboxylic acids is 1. The summed E-state index contributed by atoms with van der Waals surface area (Å²) in [7, 11) is 0. The van der Waals surface area contributed by atoms with Gasteiger partial charge in [0.15, 0.2) is 5.75 Å². The fourth-order valence-electron chi connectivity index (χ4n) is 5.23. The number of hydrogen-bond acceptors (Lipinski definition) is 6. The van der Waals surface area contributed by atoms with Gasteiger partial charge in [-0.3, -0.25) is 14.7 Å². The van der Waals surface area contributed by atoms with E-state index in [9.17, 15) is 4.79 Å². The van der Waals surface area contributed by atoms with Crippen LogP contribution in [0.25, 0.3) is 10.9 Å². The highest BCUT2D eigenvalue weighted by atomic mass is 16.7. The summed E-state index contributed by atoms with van der Waals surface area (Å²) in [5.41, 5.74) is 2.44. The van der Waals surface area contributed by atoms with Crippen LogP contribution in [0.2, 0.25) is 0 Å². The molecule has 35 heavy (non-hydrogen) atoms. The lowest BCUT2D eigenvalue weighted by molar-refractivity contribution is -0.129. The summed E-state index contributed by atoms with van der Waals surface area (Å²) in [5, 5.41) is 2.29. The van der Waals surface area contributed by atoms with Crippen molar-refractivity contribution in [3.05, 3.63) is 72.1 Å². The molecule has 0 bridgehead atoms. The number of allylic oxidation sites excluding steroid dienone is 5. The lowest BCUT2D eigenvalue weighted by Crippen LogP contribution is -2.50. The number of piperazine rings is 1. The maximum atomic E-state index is 13.1. The van der Waals surface area contributed by atoms with Crippen LogP contribution < -0.4 is 10.7 Å². The minimum absolute atomic E-state index is 0.150. The van der Waals surface area contributed by atoms with Crippen molar-refractivity contribution in [2.45, 2.75) is 32.6 Å². The monoisotopic (exact) mass is 473 g/mol. The summed E-state index contributed by atoms with van der Waals surface area (Å²) in [4.78, 5) is 28.0. The van der Waals surface area contributed by atoms with Gasteiger partial charge in [0.25, 0.3) is 0 Å². The number of benzene rings is 1. The maximum absolute atomic E-state index is 13.1. The molecule has 1 aliphatic heterocycles. The number of nitrogens with zero attached hydrogens (tertiary/aromatic N) is 4. The molecule has 2 aliphatic carbocycles. The third kappa shape index (κ3) is 5.41. The SMILES string of the molecule is CC1CC=CC[C@H]1CN1CCN(C(=O)C2=CC=C(N(N)Oc3cccc4cccnc34)CC2)CC1. The second-order valence-corrected chi connectivity index (χ2v) is 9.87. The number of hydrogen-bond donors (Lipinski definition) is 1. The molecule has 2 N–H and O–H groups in total. The highest BCUT2D eigenvalue weighted by Crippen LogP contribution is 2.28. The summed E-state index contributed by atoms with van der Waals surface area (Å²) in [6.45, 7) is 7.00. The molecule has 0 radical (unpaired) electrons. The van der Waals surface area contributed by atoms with Gasteiger partial charge in [0.05, 0.1) is 5.70 Å². The highest BCUT2D eigenvalue weighted by Gasteiger charge is 2.27. The van der Waals surface area contributed by atoms with E-state index in [-0.39, 0.29) is 5.91 Å². The van der Waals surface area contributed by atoms with Gasteiger partial charge < -0.3 is 9.74 Å². The molecule has 7 heteroatoms. The van der Waals surface area contributed by atoms with Crippen molar-refractivity contribution < 1.29 is 9.63 Å². The Balaban J connectivity index is 1.15. The van der Waals surface area contributed by atoms with Gasteiger partial charge in [-0.05, 0) is 55.7 Å². The van der Waals surface area contributed by atoms with E-state index in [1.54, 1.807) is 6.20 Å². The lowest BCUT2D eigenvalue weighted by Gasteiger charge is -2.38. The Labute approximate surface area is 207 Å². The van der Waals surface area contributed by atoms with Crippen LogP contribution in [0.4, 0.5) is 0 Å². The third-order valence-corrected chi connectivity index (χ3v) is 7.55. The van der Waals surface area contributed by atoms with Gasteiger partial charge >= 0.3 is 0 Å². The van der Waals surface area contributed by atoms with Gasteiger partial charge in [0.1, 0.15) is 5.52 Å². The minimum atomic E-state index is 0.150. The molecule has 1 unspecified atom stereocenters. The number of aromatic nitrogens is 1. The van der Waals surface area contributed by atoms with Crippen LogP contribution in [0.5, 0.6) is 5.75 Å². The molecule has 7 nitrogen and oxygen atoms in total. The van der Waals surface area contributed by atoms with Crippen LogP contribution in [0.15, 0.2) is 72.1 Å². The molecule has 1 aromatic carbocycles. The van der Waals surface area contributed by atoms with Crippen molar-refractivity contribution in [2.75, 3.05) is 32.7 Å². The zero-order valence-electron chi connectivity index (χ0n) is 20.5. The van der Waals surface area contributed by atoms with Gasteiger partial charge in [-0.25, -0.2) is 5.84 Å². The fourth-order valence-corrected chi connectivity index (χ4v) is 5.23. The standard InChI is InChI=1S/C28H35N5O2/c1-21-6-2-3-7-24(21)20-31-16-18-32(19-17-31)28(34)23-11-13-25(14-12-23)33(29)35-26-10-4-8-22-9-5-15-30-27(22)26/h2-5,8-11,13,15,21,24H,6-7,12,14,16-20,29H2,1H3/t21?,24-/m0/s1.